The number of halogens is 1. The van der Waals surface area contributed by atoms with Crippen molar-refractivity contribution in [3.63, 3.8) is 0 Å². The summed E-state index contributed by atoms with van der Waals surface area (Å²) >= 11 is 6.33. The van der Waals surface area contributed by atoms with Crippen LogP contribution in [0.5, 0.6) is 0 Å². The van der Waals surface area contributed by atoms with Crippen molar-refractivity contribution >= 4 is 11.6 Å². The largest absolute Gasteiger partial charge is 0.327 e. The number of hydrogen-bond donors (Lipinski definition) is 1. The second-order valence-corrected chi connectivity index (χ2v) is 4.87. The van der Waals surface area contributed by atoms with Crippen LogP contribution in [-0.2, 0) is 6.42 Å². The minimum atomic E-state index is 0.158. The van der Waals surface area contributed by atoms with Crippen molar-refractivity contribution in [3.05, 3.63) is 47.0 Å². The smallest absolute Gasteiger partial charge is 0.110 e. The molecular weight excluding hydrogens is 246 g/mol. The van der Waals surface area contributed by atoms with Gasteiger partial charge < -0.3 is 10.3 Å². The molecule has 2 rings (SSSR count). The quantitative estimate of drug-likeness (QED) is 0.921. The van der Waals surface area contributed by atoms with Gasteiger partial charge in [0.05, 0.1) is 10.7 Å². The fourth-order valence-electron chi connectivity index (χ4n) is 2.04. The first-order valence-electron chi connectivity index (χ1n) is 6.16. The summed E-state index contributed by atoms with van der Waals surface area (Å²) in [5.74, 6) is 0.925. The van der Waals surface area contributed by atoms with E-state index < -0.39 is 0 Å². The number of para-hydroxylation sites is 1. The third kappa shape index (κ3) is 2.57. The zero-order chi connectivity index (χ0) is 13.1. The summed E-state index contributed by atoms with van der Waals surface area (Å²) in [5.41, 5.74) is 8.21. The van der Waals surface area contributed by atoms with Gasteiger partial charge in [-0.2, -0.15) is 0 Å². The van der Waals surface area contributed by atoms with Crippen molar-refractivity contribution in [1.82, 2.24) is 9.55 Å². The lowest BCUT2D eigenvalue weighted by molar-refractivity contribution is 0.644. The normalized spacial score (nSPS) is 12.7. The molecule has 3 nitrogen and oxygen atoms in total. The molecule has 0 aliphatic heterocycles. The maximum Gasteiger partial charge on any atom is 0.110 e. The van der Waals surface area contributed by atoms with Gasteiger partial charge >= 0.3 is 0 Å². The van der Waals surface area contributed by atoms with Crippen molar-refractivity contribution in [3.8, 4) is 5.69 Å². The second-order valence-electron chi connectivity index (χ2n) is 4.46. The lowest BCUT2D eigenvalue weighted by Crippen LogP contribution is -2.22. The number of aryl methyl sites for hydroxylation is 1. The highest BCUT2D eigenvalue weighted by Gasteiger charge is 2.13. The number of nitrogens with zero attached hydrogens (tertiary/aromatic N) is 2. The number of hydrogen-bond acceptors (Lipinski definition) is 2. The highest BCUT2D eigenvalue weighted by Crippen LogP contribution is 2.26. The Morgan fingerprint density at radius 2 is 2.22 bits per heavy atom. The minimum Gasteiger partial charge on any atom is -0.327 e. The van der Waals surface area contributed by atoms with Crippen molar-refractivity contribution in [2.45, 2.75) is 32.7 Å². The summed E-state index contributed by atoms with van der Waals surface area (Å²) in [6, 6.07) is 6.11. The van der Waals surface area contributed by atoms with E-state index in [4.69, 9.17) is 17.3 Å². The average molecular weight is 264 g/mol. The molecular formula is C14H18ClN3. The van der Waals surface area contributed by atoms with Crippen LogP contribution >= 0.6 is 11.6 Å². The van der Waals surface area contributed by atoms with Gasteiger partial charge in [-0.25, -0.2) is 4.98 Å². The summed E-state index contributed by atoms with van der Waals surface area (Å²) in [4.78, 5) is 4.25. The fraction of sp³-hybridized carbons (Fsp3) is 0.357. The molecule has 0 fully saturated rings. The number of imidazole rings is 1. The molecule has 1 aromatic heterocycles. The first-order valence-corrected chi connectivity index (χ1v) is 6.54. The number of benzene rings is 1. The molecule has 2 aromatic rings. The van der Waals surface area contributed by atoms with Crippen LogP contribution in [0.1, 0.15) is 24.7 Å². The second kappa shape index (κ2) is 5.55. The maximum atomic E-state index is 6.33. The molecule has 0 saturated heterocycles. The molecule has 1 unspecified atom stereocenters. The molecule has 1 aromatic carbocycles. The SMILES string of the molecule is CCC(N)Cc1cccc(Cl)c1-n1ccnc1C. The molecule has 2 N–H and O–H groups in total. The summed E-state index contributed by atoms with van der Waals surface area (Å²) in [7, 11) is 0. The first kappa shape index (κ1) is 13.1. The Kier molecular flexibility index (Phi) is 4.04. The molecule has 0 aliphatic rings. The highest BCUT2D eigenvalue weighted by molar-refractivity contribution is 6.32. The van der Waals surface area contributed by atoms with E-state index in [9.17, 15) is 0 Å². The third-order valence-corrected chi connectivity index (χ3v) is 3.45. The van der Waals surface area contributed by atoms with Crippen molar-refractivity contribution in [2.24, 2.45) is 5.73 Å². The Labute approximate surface area is 113 Å². The predicted molar refractivity (Wildman–Crippen MR) is 75.3 cm³/mol. The number of aromatic nitrogens is 2. The van der Waals surface area contributed by atoms with Crippen LogP contribution in [0, 0.1) is 6.92 Å². The van der Waals surface area contributed by atoms with Gasteiger partial charge in [0.2, 0.25) is 0 Å². The summed E-state index contributed by atoms with van der Waals surface area (Å²) in [6.45, 7) is 4.06. The minimum absolute atomic E-state index is 0.158. The highest BCUT2D eigenvalue weighted by atomic mass is 35.5. The molecule has 0 bridgehead atoms. The van der Waals surface area contributed by atoms with Crippen LogP contribution in [0.15, 0.2) is 30.6 Å². The van der Waals surface area contributed by atoms with Crippen LogP contribution in [-0.4, -0.2) is 15.6 Å². The van der Waals surface area contributed by atoms with E-state index in [1.54, 1.807) is 6.20 Å². The van der Waals surface area contributed by atoms with E-state index in [0.717, 1.165) is 34.9 Å². The monoisotopic (exact) mass is 263 g/mol. The average Bonchev–Trinajstić information content (AvgIpc) is 2.75. The molecule has 0 amide bonds. The number of rotatable bonds is 4. The topological polar surface area (TPSA) is 43.8 Å². The van der Waals surface area contributed by atoms with Crippen LogP contribution in [0.4, 0.5) is 0 Å². The zero-order valence-electron chi connectivity index (χ0n) is 10.7. The Morgan fingerprint density at radius 3 is 2.83 bits per heavy atom. The lowest BCUT2D eigenvalue weighted by Gasteiger charge is -2.16. The van der Waals surface area contributed by atoms with E-state index >= 15 is 0 Å². The lowest BCUT2D eigenvalue weighted by atomic mass is 10.0. The molecule has 1 atom stereocenters. The van der Waals surface area contributed by atoms with Crippen LogP contribution in [0.2, 0.25) is 5.02 Å². The first-order chi connectivity index (χ1) is 8.63. The van der Waals surface area contributed by atoms with Crippen LogP contribution in [0.3, 0.4) is 0 Å². The predicted octanol–water partition coefficient (Wildman–Crippen LogP) is 3.11. The summed E-state index contributed by atoms with van der Waals surface area (Å²) in [5, 5.41) is 0.733. The summed E-state index contributed by atoms with van der Waals surface area (Å²) in [6.07, 6.45) is 5.48. The molecule has 0 saturated carbocycles. The van der Waals surface area contributed by atoms with E-state index in [1.807, 2.05) is 29.8 Å². The maximum absolute atomic E-state index is 6.33. The van der Waals surface area contributed by atoms with Gasteiger partial charge in [0.25, 0.3) is 0 Å². The van der Waals surface area contributed by atoms with Gasteiger partial charge in [0.15, 0.2) is 0 Å². The Balaban J connectivity index is 2.48. The van der Waals surface area contributed by atoms with Gasteiger partial charge in [0.1, 0.15) is 5.82 Å². The van der Waals surface area contributed by atoms with E-state index in [1.165, 1.54) is 0 Å². The van der Waals surface area contributed by atoms with Crippen LogP contribution in [0.25, 0.3) is 5.69 Å². The van der Waals surface area contributed by atoms with Gasteiger partial charge in [-0.05, 0) is 31.4 Å². The third-order valence-electron chi connectivity index (χ3n) is 3.14. The fourth-order valence-corrected chi connectivity index (χ4v) is 2.32. The van der Waals surface area contributed by atoms with Gasteiger partial charge in [-0.3, -0.25) is 0 Å². The molecule has 18 heavy (non-hydrogen) atoms. The summed E-state index contributed by atoms with van der Waals surface area (Å²) < 4.78 is 2.01. The molecule has 0 aliphatic carbocycles. The molecule has 96 valence electrons. The Bertz CT molecular complexity index is 534. The van der Waals surface area contributed by atoms with E-state index in [-0.39, 0.29) is 6.04 Å². The van der Waals surface area contributed by atoms with Crippen LogP contribution < -0.4 is 5.73 Å². The molecule has 1 heterocycles. The van der Waals surface area contributed by atoms with Gasteiger partial charge in [-0.1, -0.05) is 30.7 Å². The molecule has 0 radical (unpaired) electrons. The molecule has 4 heteroatoms. The van der Waals surface area contributed by atoms with Crippen molar-refractivity contribution in [2.75, 3.05) is 0 Å². The van der Waals surface area contributed by atoms with Gasteiger partial charge in [-0.15, -0.1) is 0 Å². The van der Waals surface area contributed by atoms with E-state index in [2.05, 4.69) is 18.0 Å². The molecule has 0 spiro atoms. The van der Waals surface area contributed by atoms with Crippen molar-refractivity contribution < 1.29 is 0 Å². The Morgan fingerprint density at radius 1 is 1.44 bits per heavy atom. The number of nitrogens with two attached hydrogens (primary N) is 1. The van der Waals surface area contributed by atoms with Gasteiger partial charge in [0, 0.05) is 18.4 Å². The zero-order valence-corrected chi connectivity index (χ0v) is 11.5. The Hall–Kier alpha value is -1.32. The standard InChI is InChI=1S/C14H18ClN3/c1-3-12(16)9-11-5-4-6-13(15)14(11)18-8-7-17-10(18)2/h4-8,12H,3,9,16H2,1-2H3. The van der Waals surface area contributed by atoms with E-state index in [0.29, 0.717) is 0 Å². The van der Waals surface area contributed by atoms with Crippen molar-refractivity contribution in [1.29, 1.82) is 0 Å².